The first kappa shape index (κ1) is 20.0. The zero-order valence-electron chi connectivity index (χ0n) is 14.0. The van der Waals surface area contributed by atoms with Crippen LogP contribution in [0.25, 0.3) is 0 Å². The molecule has 0 radical (unpaired) electrons. The number of halogens is 1. The molecule has 0 aromatic carbocycles. The third-order valence-electron chi connectivity index (χ3n) is 3.23. The fraction of sp³-hybridized carbons (Fsp3) is 0.500. The predicted molar refractivity (Wildman–Crippen MR) is 107 cm³/mol. The van der Waals surface area contributed by atoms with E-state index in [0.717, 1.165) is 24.0 Å². The third-order valence-corrected chi connectivity index (χ3v) is 4.28. The first-order chi connectivity index (χ1) is 10.6. The van der Waals surface area contributed by atoms with Crippen molar-refractivity contribution in [2.45, 2.75) is 46.2 Å². The summed E-state index contributed by atoms with van der Waals surface area (Å²) in [5, 5.41) is 12.8. The van der Waals surface area contributed by atoms with Crippen molar-refractivity contribution in [3.8, 4) is 0 Å². The monoisotopic (exact) mass is 448 g/mol. The van der Waals surface area contributed by atoms with Crippen LogP contribution in [-0.2, 0) is 6.54 Å². The molecule has 0 amide bonds. The largest absolute Gasteiger partial charge is 0.359 e. The number of rotatable bonds is 6. The lowest BCUT2D eigenvalue weighted by Crippen LogP contribution is -2.38. The number of hydrogen-bond donors (Lipinski definition) is 2. The molecule has 0 aliphatic heterocycles. The van der Waals surface area contributed by atoms with Crippen molar-refractivity contribution in [3.05, 3.63) is 39.9 Å². The Morgan fingerprint density at radius 1 is 1.39 bits per heavy atom. The summed E-state index contributed by atoms with van der Waals surface area (Å²) in [4.78, 5) is 5.86. The second-order valence-corrected chi connectivity index (χ2v) is 6.43. The van der Waals surface area contributed by atoms with Crippen molar-refractivity contribution >= 4 is 41.3 Å². The molecule has 7 heteroatoms. The number of nitrogens with one attached hydrogen (secondary N) is 2. The zero-order valence-corrected chi connectivity index (χ0v) is 17.1. The van der Waals surface area contributed by atoms with E-state index in [1.54, 1.807) is 11.3 Å². The van der Waals surface area contributed by atoms with Gasteiger partial charge in [0.1, 0.15) is 6.54 Å². The van der Waals surface area contributed by atoms with Crippen LogP contribution in [0.3, 0.4) is 0 Å². The molecule has 0 spiro atoms. The molecule has 0 saturated carbocycles. The van der Waals surface area contributed by atoms with E-state index in [1.807, 2.05) is 6.07 Å². The van der Waals surface area contributed by atoms with Gasteiger partial charge in [0.2, 0.25) is 0 Å². The summed E-state index contributed by atoms with van der Waals surface area (Å²) in [5.41, 5.74) is 0.968. The number of aromatic nitrogens is 1. The molecule has 2 rings (SSSR count). The standard InChI is InChI=1S/C16H24N4OS.HI/c1-5-17-16(19-12(4)15-7-6-8-22-15)18-10-13-9-14(11(2)3)20-21-13;/h6-9,11-12H,5,10H2,1-4H3,(H2,17,18,19);1H. The first-order valence-electron chi connectivity index (χ1n) is 7.63. The Hall–Kier alpha value is -1.09. The second-order valence-electron chi connectivity index (χ2n) is 5.45. The van der Waals surface area contributed by atoms with Crippen molar-refractivity contribution < 1.29 is 4.52 Å². The lowest BCUT2D eigenvalue weighted by atomic mass is 10.1. The van der Waals surface area contributed by atoms with Gasteiger partial charge in [-0.3, -0.25) is 0 Å². The van der Waals surface area contributed by atoms with Crippen molar-refractivity contribution in [2.75, 3.05) is 6.54 Å². The van der Waals surface area contributed by atoms with Gasteiger partial charge in [0.15, 0.2) is 11.7 Å². The molecular weight excluding hydrogens is 423 g/mol. The highest BCUT2D eigenvalue weighted by molar-refractivity contribution is 14.0. The molecule has 2 N–H and O–H groups in total. The molecule has 23 heavy (non-hydrogen) atoms. The molecule has 0 aliphatic rings. The average molecular weight is 448 g/mol. The molecule has 0 bridgehead atoms. The van der Waals surface area contributed by atoms with Crippen LogP contribution < -0.4 is 10.6 Å². The maximum absolute atomic E-state index is 5.32. The number of aliphatic imine (C=N–C) groups is 1. The number of hydrogen-bond acceptors (Lipinski definition) is 4. The Balaban J connectivity index is 0.00000264. The molecular formula is C16H25IN4OS. The first-order valence-corrected chi connectivity index (χ1v) is 8.51. The van der Waals surface area contributed by atoms with Gasteiger partial charge in [-0.2, -0.15) is 0 Å². The van der Waals surface area contributed by atoms with Gasteiger partial charge in [0.05, 0.1) is 11.7 Å². The fourth-order valence-corrected chi connectivity index (χ4v) is 2.70. The van der Waals surface area contributed by atoms with Crippen LogP contribution >= 0.6 is 35.3 Å². The highest BCUT2D eigenvalue weighted by atomic mass is 127. The molecule has 2 aromatic heterocycles. The van der Waals surface area contributed by atoms with Gasteiger partial charge in [0.25, 0.3) is 0 Å². The van der Waals surface area contributed by atoms with E-state index in [1.165, 1.54) is 4.88 Å². The van der Waals surface area contributed by atoms with Crippen LogP contribution in [0, 0.1) is 0 Å². The fourth-order valence-electron chi connectivity index (χ4n) is 1.97. The average Bonchev–Trinajstić information content (AvgIpc) is 3.16. The highest BCUT2D eigenvalue weighted by Crippen LogP contribution is 2.18. The summed E-state index contributed by atoms with van der Waals surface area (Å²) in [6, 6.07) is 6.38. The van der Waals surface area contributed by atoms with Crippen LogP contribution in [0.4, 0.5) is 0 Å². The summed E-state index contributed by atoms with van der Waals surface area (Å²) in [5.74, 6) is 1.93. The molecule has 0 fully saturated rings. The zero-order chi connectivity index (χ0) is 15.9. The van der Waals surface area contributed by atoms with Crippen LogP contribution in [0.15, 0.2) is 33.1 Å². The van der Waals surface area contributed by atoms with E-state index in [0.29, 0.717) is 12.5 Å². The SMILES string of the molecule is CCNC(=NCc1cc(C(C)C)no1)NC(C)c1cccs1.I. The Bertz CT molecular complexity index is 595. The summed E-state index contributed by atoms with van der Waals surface area (Å²) < 4.78 is 5.32. The highest BCUT2D eigenvalue weighted by Gasteiger charge is 2.10. The van der Waals surface area contributed by atoms with Crippen LogP contribution in [0.2, 0.25) is 0 Å². The Morgan fingerprint density at radius 3 is 2.74 bits per heavy atom. The molecule has 5 nitrogen and oxygen atoms in total. The normalized spacial score (nSPS) is 12.8. The van der Waals surface area contributed by atoms with Crippen LogP contribution in [0.5, 0.6) is 0 Å². The quantitative estimate of drug-likeness (QED) is 0.393. The molecule has 1 atom stereocenters. The summed E-state index contributed by atoms with van der Waals surface area (Å²) >= 11 is 1.74. The van der Waals surface area contributed by atoms with E-state index in [2.05, 4.69) is 66.0 Å². The van der Waals surface area contributed by atoms with Crippen LogP contribution in [0.1, 0.15) is 56.0 Å². The molecule has 1 unspecified atom stereocenters. The molecule has 0 saturated heterocycles. The van der Waals surface area contributed by atoms with Crippen molar-refractivity contribution in [2.24, 2.45) is 4.99 Å². The molecule has 2 aromatic rings. The van der Waals surface area contributed by atoms with E-state index in [-0.39, 0.29) is 30.0 Å². The number of nitrogens with zero attached hydrogens (tertiary/aromatic N) is 2. The predicted octanol–water partition coefficient (Wildman–Crippen LogP) is 4.29. The van der Waals surface area contributed by atoms with Gasteiger partial charge < -0.3 is 15.2 Å². The number of guanidine groups is 1. The van der Waals surface area contributed by atoms with Gasteiger partial charge >= 0.3 is 0 Å². The van der Waals surface area contributed by atoms with E-state index >= 15 is 0 Å². The Kier molecular flexibility index (Phi) is 8.60. The van der Waals surface area contributed by atoms with Gasteiger partial charge in [-0.15, -0.1) is 35.3 Å². The van der Waals surface area contributed by atoms with E-state index in [4.69, 9.17) is 4.52 Å². The molecule has 2 heterocycles. The maximum atomic E-state index is 5.32. The summed E-state index contributed by atoms with van der Waals surface area (Å²) in [6.45, 7) is 9.67. The minimum Gasteiger partial charge on any atom is -0.359 e. The van der Waals surface area contributed by atoms with Gasteiger partial charge in [-0.05, 0) is 31.2 Å². The van der Waals surface area contributed by atoms with Gasteiger partial charge in [0, 0.05) is 17.5 Å². The van der Waals surface area contributed by atoms with Crippen molar-refractivity contribution in [3.63, 3.8) is 0 Å². The second kappa shape index (κ2) is 9.92. The minimum absolute atomic E-state index is 0. The third kappa shape index (κ3) is 6.14. The summed E-state index contributed by atoms with van der Waals surface area (Å²) in [7, 11) is 0. The van der Waals surface area contributed by atoms with Crippen LogP contribution in [-0.4, -0.2) is 17.7 Å². The van der Waals surface area contributed by atoms with Gasteiger partial charge in [-0.25, -0.2) is 4.99 Å². The van der Waals surface area contributed by atoms with Crippen molar-refractivity contribution in [1.82, 2.24) is 15.8 Å². The Morgan fingerprint density at radius 2 is 2.17 bits per heavy atom. The van der Waals surface area contributed by atoms with Crippen molar-refractivity contribution in [1.29, 1.82) is 0 Å². The minimum atomic E-state index is 0. The van der Waals surface area contributed by atoms with Gasteiger partial charge in [-0.1, -0.05) is 25.1 Å². The summed E-state index contributed by atoms with van der Waals surface area (Å²) in [6.07, 6.45) is 0. The molecule has 128 valence electrons. The maximum Gasteiger partial charge on any atom is 0.192 e. The van der Waals surface area contributed by atoms with E-state index in [9.17, 15) is 0 Å². The Labute approximate surface area is 159 Å². The smallest absolute Gasteiger partial charge is 0.192 e. The lowest BCUT2D eigenvalue weighted by molar-refractivity contribution is 0.376. The van der Waals surface area contributed by atoms with E-state index < -0.39 is 0 Å². The lowest BCUT2D eigenvalue weighted by Gasteiger charge is -2.16. The molecule has 0 aliphatic carbocycles. The topological polar surface area (TPSA) is 62.5 Å². The number of thiophene rings is 1.